The topological polar surface area (TPSA) is 52.3 Å². The lowest BCUT2D eigenvalue weighted by atomic mass is 9.33. The summed E-state index contributed by atoms with van der Waals surface area (Å²) in [6, 6.07) is 9.68. The monoisotopic (exact) mass is 655 g/mol. The summed E-state index contributed by atoms with van der Waals surface area (Å²) in [6.45, 7) is 19.3. The quantitative estimate of drug-likeness (QED) is 0.245. The van der Waals surface area contributed by atoms with Crippen LogP contribution in [0.3, 0.4) is 0 Å². The second-order valence-electron chi connectivity index (χ2n) is 18.9. The van der Waals surface area contributed by atoms with Crippen LogP contribution in [-0.2, 0) is 16.1 Å². The number of hydrogen-bond acceptors (Lipinski definition) is 3. The third-order valence-corrected chi connectivity index (χ3v) is 16.6. The Morgan fingerprint density at radius 1 is 0.896 bits per heavy atom. The number of fused-ring (bicyclic) bond motifs is 7. The maximum atomic E-state index is 14.6. The van der Waals surface area contributed by atoms with Crippen LogP contribution < -0.4 is 5.73 Å². The standard InChI is InChI=1S/C44H62FNO2/c1-29(2)32-17-24-44(46)26-25-41(6)34(37(32)44)13-14-36-40(5)20-18-33(39(3,4)35(40)19-21-42(36,41)7)31-15-22-43(28-45,23-16-31)38(47)48-27-30-11-9-8-10-12-30/h8-12,15,18,32,34-37H,1,13-14,16-17,19-28,46H2,2-7H3/t32?,34-,35+,36-,37-,40+,41-,42-,43-,44+/m1/s1. The van der Waals surface area contributed by atoms with E-state index in [1.807, 2.05) is 30.3 Å². The molecule has 1 aromatic rings. The van der Waals surface area contributed by atoms with Crippen molar-refractivity contribution in [3.63, 3.8) is 0 Å². The van der Waals surface area contributed by atoms with Gasteiger partial charge in [0.25, 0.3) is 0 Å². The summed E-state index contributed by atoms with van der Waals surface area (Å²) in [6.07, 6.45) is 17.5. The minimum Gasteiger partial charge on any atom is -0.460 e. The zero-order chi connectivity index (χ0) is 34.3. The molecule has 0 saturated heterocycles. The third kappa shape index (κ3) is 4.84. The molecule has 4 fully saturated rings. The van der Waals surface area contributed by atoms with E-state index in [0.29, 0.717) is 53.3 Å². The molecule has 0 heterocycles. The number of esters is 1. The lowest BCUT2D eigenvalue weighted by Crippen LogP contribution is -2.67. The predicted molar refractivity (Wildman–Crippen MR) is 194 cm³/mol. The summed E-state index contributed by atoms with van der Waals surface area (Å²) < 4.78 is 20.3. The second kappa shape index (κ2) is 11.7. The van der Waals surface area contributed by atoms with Crippen molar-refractivity contribution >= 4 is 5.97 Å². The number of benzene rings is 1. The summed E-state index contributed by atoms with van der Waals surface area (Å²) in [5.41, 5.74) is 12.2. The maximum Gasteiger partial charge on any atom is 0.315 e. The van der Waals surface area contributed by atoms with E-state index in [9.17, 15) is 9.18 Å². The van der Waals surface area contributed by atoms with Crippen molar-refractivity contribution in [3.05, 3.63) is 71.3 Å². The molecule has 1 unspecified atom stereocenters. The van der Waals surface area contributed by atoms with E-state index in [-0.39, 0.29) is 23.0 Å². The summed E-state index contributed by atoms with van der Waals surface area (Å²) in [5.74, 6) is 2.74. The van der Waals surface area contributed by atoms with Gasteiger partial charge in [-0.3, -0.25) is 4.79 Å². The number of carbonyl (C=O) groups excluding carboxylic acids is 1. The number of nitrogens with two attached hydrogens (primary N) is 1. The van der Waals surface area contributed by atoms with Crippen LogP contribution >= 0.6 is 0 Å². The summed E-state index contributed by atoms with van der Waals surface area (Å²) in [4.78, 5) is 13.3. The Hall–Kier alpha value is -2.20. The van der Waals surface area contributed by atoms with E-state index >= 15 is 0 Å². The maximum absolute atomic E-state index is 14.6. The van der Waals surface area contributed by atoms with Gasteiger partial charge in [0, 0.05) is 5.54 Å². The molecule has 10 atom stereocenters. The molecule has 7 rings (SSSR count). The van der Waals surface area contributed by atoms with Gasteiger partial charge >= 0.3 is 5.97 Å². The van der Waals surface area contributed by atoms with Crippen molar-refractivity contribution in [2.75, 3.05) is 6.67 Å². The first-order valence-corrected chi connectivity index (χ1v) is 19.3. The Labute approximate surface area is 290 Å². The first kappa shape index (κ1) is 34.3. The first-order valence-electron chi connectivity index (χ1n) is 19.3. The zero-order valence-corrected chi connectivity index (χ0v) is 30.8. The number of alkyl halides is 1. The van der Waals surface area contributed by atoms with Crippen LogP contribution in [0, 0.1) is 56.7 Å². The Morgan fingerprint density at radius 3 is 2.31 bits per heavy atom. The van der Waals surface area contributed by atoms with E-state index < -0.39 is 18.1 Å². The molecule has 262 valence electrons. The summed E-state index contributed by atoms with van der Waals surface area (Å²) in [7, 11) is 0. The fourth-order valence-corrected chi connectivity index (χ4v) is 13.7. The average Bonchev–Trinajstić information content (AvgIpc) is 3.42. The molecule has 0 aromatic heterocycles. The Bertz CT molecular complexity index is 1510. The molecule has 0 amide bonds. The number of ether oxygens (including phenoxy) is 1. The van der Waals surface area contributed by atoms with Crippen LogP contribution in [0.5, 0.6) is 0 Å². The van der Waals surface area contributed by atoms with Gasteiger partial charge in [-0.25, -0.2) is 4.39 Å². The molecule has 4 heteroatoms. The van der Waals surface area contributed by atoms with Crippen LogP contribution in [0.25, 0.3) is 0 Å². The Kier molecular flexibility index (Phi) is 8.33. The number of allylic oxidation sites excluding steroid dienone is 5. The highest BCUT2D eigenvalue weighted by molar-refractivity contribution is 5.78. The SMILES string of the molecule is C=C(C)C1CC[C@]2(N)CC[C@]3(C)[C@H](CC[C@@H]4[C@@]5(C)CC=C(C6=CC[C@@](CF)(C(=O)OCc7ccccc7)CC6)C(C)(C)[C@@H]5CC[C@]43C)[C@@H]12. The van der Waals surface area contributed by atoms with E-state index in [1.165, 1.54) is 68.1 Å². The van der Waals surface area contributed by atoms with Gasteiger partial charge in [0.2, 0.25) is 0 Å². The van der Waals surface area contributed by atoms with E-state index in [0.717, 1.165) is 18.4 Å². The molecule has 3 nitrogen and oxygen atoms in total. The fraction of sp³-hybridized carbons (Fsp3) is 0.705. The van der Waals surface area contributed by atoms with Crippen molar-refractivity contribution < 1.29 is 13.9 Å². The molecule has 0 aliphatic heterocycles. The lowest BCUT2D eigenvalue weighted by Gasteiger charge is -2.72. The second-order valence-corrected chi connectivity index (χ2v) is 18.9. The number of hydrogen-bond donors (Lipinski definition) is 1. The lowest BCUT2D eigenvalue weighted by molar-refractivity contribution is -0.219. The van der Waals surface area contributed by atoms with Crippen LogP contribution in [0.2, 0.25) is 0 Å². The molecular formula is C44H62FNO2. The molecule has 4 saturated carbocycles. The van der Waals surface area contributed by atoms with Gasteiger partial charge in [-0.1, -0.05) is 89.3 Å². The van der Waals surface area contributed by atoms with Crippen LogP contribution in [0.4, 0.5) is 4.39 Å². The molecular weight excluding hydrogens is 593 g/mol. The zero-order valence-electron chi connectivity index (χ0n) is 30.8. The molecule has 6 aliphatic carbocycles. The smallest absolute Gasteiger partial charge is 0.315 e. The highest BCUT2D eigenvalue weighted by atomic mass is 19.1. The van der Waals surface area contributed by atoms with Gasteiger partial charge in [0.1, 0.15) is 13.3 Å². The van der Waals surface area contributed by atoms with Gasteiger partial charge in [0.05, 0.1) is 5.41 Å². The largest absolute Gasteiger partial charge is 0.460 e. The highest BCUT2D eigenvalue weighted by Gasteiger charge is 2.70. The summed E-state index contributed by atoms with van der Waals surface area (Å²) >= 11 is 0. The van der Waals surface area contributed by atoms with E-state index in [1.54, 1.807) is 0 Å². The van der Waals surface area contributed by atoms with Crippen molar-refractivity contribution in [1.82, 2.24) is 0 Å². The summed E-state index contributed by atoms with van der Waals surface area (Å²) in [5, 5.41) is 0. The molecule has 0 radical (unpaired) electrons. The number of halogens is 1. The highest BCUT2D eigenvalue weighted by Crippen LogP contribution is 2.76. The molecule has 0 bridgehead atoms. The Morgan fingerprint density at radius 2 is 1.65 bits per heavy atom. The number of carbonyl (C=O) groups is 1. The van der Waals surface area contributed by atoms with Crippen LogP contribution in [0.1, 0.15) is 124 Å². The molecule has 48 heavy (non-hydrogen) atoms. The molecule has 2 N–H and O–H groups in total. The van der Waals surface area contributed by atoms with Crippen molar-refractivity contribution in [2.24, 2.45) is 62.4 Å². The number of rotatable bonds is 6. The Balaban J connectivity index is 1.12. The minimum absolute atomic E-state index is 0.00531. The van der Waals surface area contributed by atoms with Crippen molar-refractivity contribution in [1.29, 1.82) is 0 Å². The fourth-order valence-electron chi connectivity index (χ4n) is 13.7. The predicted octanol–water partition coefficient (Wildman–Crippen LogP) is 10.7. The normalized spacial score (nSPS) is 44.6. The van der Waals surface area contributed by atoms with Crippen molar-refractivity contribution in [2.45, 2.75) is 131 Å². The van der Waals surface area contributed by atoms with Gasteiger partial charge in [-0.15, -0.1) is 0 Å². The molecule has 6 aliphatic rings. The van der Waals surface area contributed by atoms with Crippen LogP contribution in [-0.4, -0.2) is 18.2 Å². The molecule has 1 aromatic carbocycles. The molecule has 0 spiro atoms. The average molecular weight is 656 g/mol. The van der Waals surface area contributed by atoms with Crippen molar-refractivity contribution in [3.8, 4) is 0 Å². The van der Waals surface area contributed by atoms with Gasteiger partial charge in [-0.05, 0) is 152 Å². The van der Waals surface area contributed by atoms with Gasteiger partial charge in [0.15, 0.2) is 0 Å². The van der Waals surface area contributed by atoms with E-state index in [2.05, 4.69) is 60.3 Å². The van der Waals surface area contributed by atoms with Gasteiger partial charge < -0.3 is 10.5 Å². The van der Waals surface area contributed by atoms with E-state index in [4.69, 9.17) is 10.5 Å². The minimum atomic E-state index is -1.07. The van der Waals surface area contributed by atoms with Crippen LogP contribution in [0.15, 0.2) is 65.8 Å². The first-order chi connectivity index (χ1) is 22.7. The third-order valence-electron chi connectivity index (χ3n) is 16.6. The van der Waals surface area contributed by atoms with Gasteiger partial charge in [-0.2, -0.15) is 0 Å².